The first-order chi connectivity index (χ1) is 10.6. The Morgan fingerprint density at radius 1 is 1.09 bits per heavy atom. The fourth-order valence-corrected chi connectivity index (χ4v) is 2.29. The van der Waals surface area contributed by atoms with Gasteiger partial charge in [-0.05, 0) is 42.7 Å². The molecule has 3 N–H and O–H groups in total. The van der Waals surface area contributed by atoms with Crippen LogP contribution < -0.4 is 15.8 Å². The third kappa shape index (κ3) is 4.07. The van der Waals surface area contributed by atoms with E-state index in [2.05, 4.69) is 41.9 Å². The Labute approximate surface area is 132 Å². The molecule has 4 heteroatoms. The van der Waals surface area contributed by atoms with Gasteiger partial charge in [0.15, 0.2) is 0 Å². The van der Waals surface area contributed by atoms with Crippen molar-refractivity contribution in [2.75, 3.05) is 29.8 Å². The Bertz CT molecular complexity index is 596. The number of aromatic hydroxyl groups is 1. The fourth-order valence-electron chi connectivity index (χ4n) is 2.29. The van der Waals surface area contributed by atoms with Gasteiger partial charge in [-0.25, -0.2) is 0 Å². The number of rotatable bonds is 7. The van der Waals surface area contributed by atoms with Crippen LogP contribution in [0, 0.1) is 0 Å². The van der Waals surface area contributed by atoms with Crippen LogP contribution in [-0.4, -0.2) is 19.2 Å². The summed E-state index contributed by atoms with van der Waals surface area (Å²) in [6.45, 7) is 2.21. The molecule has 0 saturated carbocycles. The van der Waals surface area contributed by atoms with Crippen LogP contribution in [0.15, 0.2) is 42.5 Å². The second-order valence-electron chi connectivity index (χ2n) is 5.42. The molecule has 2 aromatic carbocycles. The predicted octanol–water partition coefficient (Wildman–Crippen LogP) is 4.24. The standard InChI is InChI=1S/C18H25N3O/c1-4-5-6-14-7-10-16(11-8-14)21(3)20-17-12-9-15(19-2)13-18(17)22/h7-13,19-20,22H,4-6H2,1-3H3. The second kappa shape index (κ2) is 7.59. The zero-order valence-corrected chi connectivity index (χ0v) is 13.6. The van der Waals surface area contributed by atoms with E-state index in [4.69, 9.17) is 0 Å². The molecule has 0 bridgehead atoms. The lowest BCUT2D eigenvalue weighted by Crippen LogP contribution is -2.24. The van der Waals surface area contributed by atoms with Gasteiger partial charge in [0.1, 0.15) is 5.75 Å². The molecule has 0 aliphatic heterocycles. The van der Waals surface area contributed by atoms with Gasteiger partial charge in [-0.2, -0.15) is 0 Å². The maximum atomic E-state index is 10.0. The van der Waals surface area contributed by atoms with E-state index in [1.54, 1.807) is 6.07 Å². The van der Waals surface area contributed by atoms with Gasteiger partial charge in [0, 0.05) is 25.8 Å². The third-order valence-corrected chi connectivity index (χ3v) is 3.72. The molecule has 0 atom stereocenters. The van der Waals surface area contributed by atoms with Gasteiger partial charge in [0.05, 0.1) is 11.4 Å². The number of phenols is 1. The van der Waals surface area contributed by atoms with Crippen LogP contribution in [0.1, 0.15) is 25.3 Å². The first-order valence-corrected chi connectivity index (χ1v) is 7.74. The van der Waals surface area contributed by atoms with Gasteiger partial charge < -0.3 is 10.4 Å². The summed E-state index contributed by atoms with van der Waals surface area (Å²) < 4.78 is 0. The van der Waals surface area contributed by atoms with Crippen LogP contribution in [0.25, 0.3) is 0 Å². The smallest absolute Gasteiger partial charge is 0.142 e. The van der Waals surface area contributed by atoms with E-state index >= 15 is 0 Å². The van der Waals surface area contributed by atoms with Gasteiger partial charge in [0.25, 0.3) is 0 Å². The molecule has 118 valence electrons. The van der Waals surface area contributed by atoms with Crippen molar-refractivity contribution in [3.63, 3.8) is 0 Å². The van der Waals surface area contributed by atoms with E-state index < -0.39 is 0 Å². The largest absolute Gasteiger partial charge is 0.506 e. The van der Waals surface area contributed by atoms with Crippen molar-refractivity contribution in [2.24, 2.45) is 0 Å². The number of nitrogens with one attached hydrogen (secondary N) is 2. The lowest BCUT2D eigenvalue weighted by atomic mass is 10.1. The quantitative estimate of drug-likeness (QED) is 0.528. The van der Waals surface area contributed by atoms with Gasteiger partial charge in [0.2, 0.25) is 0 Å². The van der Waals surface area contributed by atoms with Crippen molar-refractivity contribution in [1.82, 2.24) is 0 Å². The van der Waals surface area contributed by atoms with Crippen LogP contribution in [0.5, 0.6) is 5.75 Å². The summed E-state index contributed by atoms with van der Waals surface area (Å²) in [6, 6.07) is 14.0. The number of hydrogen-bond acceptors (Lipinski definition) is 4. The highest BCUT2D eigenvalue weighted by Gasteiger charge is 2.06. The minimum absolute atomic E-state index is 0.221. The molecule has 0 fully saturated rings. The van der Waals surface area contributed by atoms with E-state index in [1.807, 2.05) is 31.2 Å². The van der Waals surface area contributed by atoms with E-state index in [-0.39, 0.29) is 5.75 Å². The first-order valence-electron chi connectivity index (χ1n) is 7.74. The minimum Gasteiger partial charge on any atom is -0.506 e. The van der Waals surface area contributed by atoms with E-state index in [1.165, 1.54) is 18.4 Å². The number of phenolic OH excluding ortho intramolecular Hbond substituents is 1. The van der Waals surface area contributed by atoms with Crippen molar-refractivity contribution in [3.05, 3.63) is 48.0 Å². The van der Waals surface area contributed by atoms with Crippen LogP contribution in [0.2, 0.25) is 0 Å². The summed E-state index contributed by atoms with van der Waals surface area (Å²) in [6.07, 6.45) is 3.56. The zero-order valence-electron chi connectivity index (χ0n) is 13.6. The normalized spacial score (nSPS) is 10.3. The van der Waals surface area contributed by atoms with E-state index in [9.17, 15) is 5.11 Å². The summed E-state index contributed by atoms with van der Waals surface area (Å²) in [5.41, 5.74) is 7.17. The summed E-state index contributed by atoms with van der Waals surface area (Å²) >= 11 is 0. The van der Waals surface area contributed by atoms with Crippen molar-refractivity contribution in [3.8, 4) is 5.75 Å². The number of hydrazine groups is 1. The summed E-state index contributed by atoms with van der Waals surface area (Å²) in [4.78, 5) is 0. The van der Waals surface area contributed by atoms with Gasteiger partial charge >= 0.3 is 0 Å². The predicted molar refractivity (Wildman–Crippen MR) is 94.7 cm³/mol. The highest BCUT2D eigenvalue weighted by atomic mass is 16.3. The number of anilines is 3. The molecule has 0 saturated heterocycles. The van der Waals surface area contributed by atoms with E-state index in [0.717, 1.165) is 17.8 Å². The number of unbranched alkanes of at least 4 members (excludes halogenated alkanes) is 1. The lowest BCUT2D eigenvalue weighted by Gasteiger charge is -2.22. The maximum absolute atomic E-state index is 10.0. The van der Waals surface area contributed by atoms with Crippen molar-refractivity contribution in [2.45, 2.75) is 26.2 Å². The fraction of sp³-hybridized carbons (Fsp3) is 0.333. The Kier molecular flexibility index (Phi) is 5.53. The van der Waals surface area contributed by atoms with Crippen molar-refractivity contribution < 1.29 is 5.11 Å². The second-order valence-corrected chi connectivity index (χ2v) is 5.42. The van der Waals surface area contributed by atoms with Crippen LogP contribution >= 0.6 is 0 Å². The molecule has 0 aliphatic carbocycles. The van der Waals surface area contributed by atoms with E-state index in [0.29, 0.717) is 5.69 Å². The molecule has 0 spiro atoms. The molecule has 2 aromatic rings. The van der Waals surface area contributed by atoms with Crippen LogP contribution in [0.3, 0.4) is 0 Å². The Balaban J connectivity index is 2.03. The Hall–Kier alpha value is -2.36. The van der Waals surface area contributed by atoms with Crippen LogP contribution in [0.4, 0.5) is 17.1 Å². The van der Waals surface area contributed by atoms with Gasteiger partial charge in [-0.15, -0.1) is 0 Å². The first kappa shape index (κ1) is 16.0. The molecule has 4 nitrogen and oxygen atoms in total. The summed E-state index contributed by atoms with van der Waals surface area (Å²) in [7, 11) is 3.76. The SMILES string of the molecule is CCCCc1ccc(N(C)Nc2ccc(NC)cc2O)cc1. The summed E-state index contributed by atoms with van der Waals surface area (Å²) in [5, 5.41) is 14.9. The number of aryl methyl sites for hydroxylation is 1. The van der Waals surface area contributed by atoms with Gasteiger partial charge in [-0.3, -0.25) is 10.4 Å². The third-order valence-electron chi connectivity index (χ3n) is 3.72. The molecule has 0 amide bonds. The average Bonchev–Trinajstić information content (AvgIpc) is 2.55. The molecular formula is C18H25N3O. The number of nitrogens with zero attached hydrogens (tertiary/aromatic N) is 1. The molecule has 0 aliphatic rings. The summed E-state index contributed by atoms with van der Waals surface area (Å²) in [5.74, 6) is 0.221. The molecule has 0 heterocycles. The number of benzene rings is 2. The van der Waals surface area contributed by atoms with Crippen LogP contribution in [-0.2, 0) is 6.42 Å². The van der Waals surface area contributed by atoms with Crippen molar-refractivity contribution >= 4 is 17.1 Å². The average molecular weight is 299 g/mol. The minimum atomic E-state index is 0.221. The van der Waals surface area contributed by atoms with Crippen molar-refractivity contribution in [1.29, 1.82) is 0 Å². The molecular weight excluding hydrogens is 274 g/mol. The molecule has 2 rings (SSSR count). The Morgan fingerprint density at radius 3 is 2.41 bits per heavy atom. The Morgan fingerprint density at radius 2 is 1.82 bits per heavy atom. The lowest BCUT2D eigenvalue weighted by molar-refractivity contribution is 0.477. The molecule has 22 heavy (non-hydrogen) atoms. The topological polar surface area (TPSA) is 47.5 Å². The number of hydrogen-bond donors (Lipinski definition) is 3. The highest BCUT2D eigenvalue weighted by molar-refractivity contribution is 5.65. The molecule has 0 aromatic heterocycles. The molecule has 0 unspecified atom stereocenters. The van der Waals surface area contributed by atoms with Gasteiger partial charge in [-0.1, -0.05) is 25.5 Å². The maximum Gasteiger partial charge on any atom is 0.142 e. The highest BCUT2D eigenvalue weighted by Crippen LogP contribution is 2.28. The zero-order chi connectivity index (χ0) is 15.9. The monoisotopic (exact) mass is 299 g/mol. The molecule has 0 radical (unpaired) electrons.